The molecule has 1 heterocycles. The molecule has 2 aromatic carbocycles. The zero-order valence-electron chi connectivity index (χ0n) is 12.4. The number of sulfonamides is 1. The molecule has 4 nitrogen and oxygen atoms in total. The van der Waals surface area contributed by atoms with Crippen LogP contribution in [0.3, 0.4) is 0 Å². The number of aromatic nitrogens is 1. The van der Waals surface area contributed by atoms with Crippen LogP contribution in [0.25, 0.3) is 10.2 Å². The van der Waals surface area contributed by atoms with E-state index >= 15 is 0 Å². The molecule has 0 aliphatic heterocycles. The van der Waals surface area contributed by atoms with Gasteiger partial charge in [-0.3, -0.25) is 4.72 Å². The molecule has 3 aromatic rings. The lowest BCUT2D eigenvalue weighted by molar-refractivity contribution is 0.568. The number of rotatable bonds is 5. The zero-order valence-corrected chi connectivity index (χ0v) is 14.9. The Kier molecular flexibility index (Phi) is 4.75. The molecule has 0 saturated heterocycles. The maximum Gasteiger partial charge on any atom is 0.262 e. The molecule has 0 aliphatic rings. The summed E-state index contributed by atoms with van der Waals surface area (Å²) in [5, 5.41) is 0. The van der Waals surface area contributed by atoms with Crippen LogP contribution in [-0.2, 0) is 10.0 Å². The fourth-order valence-electron chi connectivity index (χ4n) is 2.05. The van der Waals surface area contributed by atoms with Gasteiger partial charge in [-0.05, 0) is 36.1 Å². The highest BCUT2D eigenvalue weighted by Crippen LogP contribution is 2.31. The van der Waals surface area contributed by atoms with Crippen molar-refractivity contribution in [2.24, 2.45) is 0 Å². The standard InChI is InChI=1S/C15H12F2N2O2S3/c1-2-22-15-18-13-4-3-11(8-14(13)23-15)19-24(20,21)12-6-9(16)5-10(17)7-12/h3-8,19H,2H2,1H3. The minimum atomic E-state index is -4.08. The number of hydrogen-bond acceptors (Lipinski definition) is 5. The molecule has 9 heteroatoms. The summed E-state index contributed by atoms with van der Waals surface area (Å²) in [5.41, 5.74) is 1.08. The summed E-state index contributed by atoms with van der Waals surface area (Å²) in [5.74, 6) is -1.01. The first-order valence-electron chi connectivity index (χ1n) is 6.89. The van der Waals surface area contributed by atoms with Gasteiger partial charge in [0.2, 0.25) is 0 Å². The van der Waals surface area contributed by atoms with Gasteiger partial charge in [-0.1, -0.05) is 18.7 Å². The van der Waals surface area contributed by atoms with E-state index in [-0.39, 0.29) is 0 Å². The SMILES string of the molecule is CCSc1nc2ccc(NS(=O)(=O)c3cc(F)cc(F)c3)cc2s1. The molecule has 1 N–H and O–H groups in total. The third-order valence-corrected chi connectivity index (χ3v) is 6.44. The summed E-state index contributed by atoms with van der Waals surface area (Å²) >= 11 is 3.07. The number of nitrogens with one attached hydrogen (secondary N) is 1. The van der Waals surface area contributed by atoms with Crippen molar-refractivity contribution >= 4 is 49.0 Å². The third-order valence-electron chi connectivity index (χ3n) is 3.04. The Hall–Kier alpha value is -1.71. The van der Waals surface area contributed by atoms with Crippen LogP contribution in [0.15, 0.2) is 45.6 Å². The molecule has 0 radical (unpaired) electrons. The first-order valence-corrected chi connectivity index (χ1v) is 10.2. The molecule has 24 heavy (non-hydrogen) atoms. The van der Waals surface area contributed by atoms with Crippen LogP contribution >= 0.6 is 23.1 Å². The fourth-order valence-corrected chi connectivity index (χ4v) is 5.15. The van der Waals surface area contributed by atoms with Gasteiger partial charge in [0.25, 0.3) is 10.0 Å². The van der Waals surface area contributed by atoms with Crippen LogP contribution < -0.4 is 4.72 Å². The van der Waals surface area contributed by atoms with Crippen LogP contribution in [0, 0.1) is 11.6 Å². The van der Waals surface area contributed by atoms with E-state index in [1.807, 2.05) is 6.92 Å². The number of hydrogen-bond donors (Lipinski definition) is 1. The van der Waals surface area contributed by atoms with Gasteiger partial charge in [0.1, 0.15) is 11.6 Å². The number of fused-ring (bicyclic) bond motifs is 1. The lowest BCUT2D eigenvalue weighted by Crippen LogP contribution is -2.13. The Morgan fingerprint density at radius 3 is 2.54 bits per heavy atom. The van der Waals surface area contributed by atoms with Crippen LogP contribution in [0.4, 0.5) is 14.5 Å². The number of benzene rings is 2. The Balaban J connectivity index is 1.92. The number of thioether (sulfide) groups is 1. The number of nitrogens with zero attached hydrogens (tertiary/aromatic N) is 1. The highest BCUT2D eigenvalue weighted by molar-refractivity contribution is 8.01. The second-order valence-corrected chi connectivity index (χ2v) is 9.03. The largest absolute Gasteiger partial charge is 0.280 e. The fraction of sp³-hybridized carbons (Fsp3) is 0.133. The van der Waals surface area contributed by atoms with E-state index in [4.69, 9.17) is 0 Å². The summed E-state index contributed by atoms with van der Waals surface area (Å²) in [7, 11) is -4.08. The molecule has 1 aromatic heterocycles. The van der Waals surface area contributed by atoms with Crippen molar-refractivity contribution in [3.05, 3.63) is 48.0 Å². The van der Waals surface area contributed by atoms with Crippen molar-refractivity contribution in [3.63, 3.8) is 0 Å². The van der Waals surface area contributed by atoms with Crippen LogP contribution in [-0.4, -0.2) is 19.2 Å². The predicted octanol–water partition coefficient (Wildman–Crippen LogP) is 4.49. The van der Waals surface area contributed by atoms with E-state index in [1.54, 1.807) is 30.0 Å². The minimum Gasteiger partial charge on any atom is -0.280 e. The molecule has 126 valence electrons. The molecule has 0 spiro atoms. The van der Waals surface area contributed by atoms with Crippen molar-refractivity contribution in [1.82, 2.24) is 4.98 Å². The lowest BCUT2D eigenvalue weighted by Gasteiger charge is -2.08. The average molecular weight is 386 g/mol. The Bertz CT molecular complexity index is 983. The van der Waals surface area contributed by atoms with Gasteiger partial charge in [0.15, 0.2) is 4.34 Å². The monoisotopic (exact) mass is 386 g/mol. The number of anilines is 1. The maximum absolute atomic E-state index is 13.2. The molecule has 0 fully saturated rings. The van der Waals surface area contributed by atoms with Gasteiger partial charge >= 0.3 is 0 Å². The van der Waals surface area contributed by atoms with E-state index in [0.717, 1.165) is 32.4 Å². The second kappa shape index (κ2) is 6.66. The normalized spacial score (nSPS) is 11.8. The highest BCUT2D eigenvalue weighted by Gasteiger charge is 2.17. The Morgan fingerprint density at radius 2 is 1.88 bits per heavy atom. The quantitative estimate of drug-likeness (QED) is 0.657. The summed E-state index contributed by atoms with van der Waals surface area (Å²) in [4.78, 5) is 3.96. The van der Waals surface area contributed by atoms with Crippen molar-refractivity contribution in [3.8, 4) is 0 Å². The number of thiazole rings is 1. The summed E-state index contributed by atoms with van der Waals surface area (Å²) < 4.78 is 55.1. The molecule has 0 unspecified atom stereocenters. The van der Waals surface area contributed by atoms with Crippen molar-refractivity contribution in [2.45, 2.75) is 16.2 Å². The smallest absolute Gasteiger partial charge is 0.262 e. The molecular formula is C15H12F2N2O2S3. The molecule has 0 saturated carbocycles. The first-order chi connectivity index (χ1) is 11.4. The predicted molar refractivity (Wildman–Crippen MR) is 93.2 cm³/mol. The zero-order chi connectivity index (χ0) is 17.3. The second-order valence-electron chi connectivity index (χ2n) is 4.81. The molecule has 0 aliphatic carbocycles. The minimum absolute atomic E-state index is 0.309. The first kappa shape index (κ1) is 17.1. The van der Waals surface area contributed by atoms with E-state index in [1.165, 1.54) is 11.3 Å². The van der Waals surface area contributed by atoms with Gasteiger partial charge in [0, 0.05) is 6.07 Å². The molecule has 0 amide bonds. The summed E-state index contributed by atoms with van der Waals surface area (Å²) in [6.45, 7) is 2.02. The Labute approximate surface area is 146 Å². The summed E-state index contributed by atoms with van der Waals surface area (Å²) in [6, 6.07) is 7.08. The Morgan fingerprint density at radius 1 is 1.17 bits per heavy atom. The molecular weight excluding hydrogens is 374 g/mol. The number of halogens is 2. The van der Waals surface area contributed by atoms with E-state index in [2.05, 4.69) is 9.71 Å². The van der Waals surface area contributed by atoms with E-state index in [0.29, 0.717) is 11.8 Å². The topological polar surface area (TPSA) is 59.1 Å². The molecule has 3 rings (SSSR count). The van der Waals surface area contributed by atoms with Crippen molar-refractivity contribution in [2.75, 3.05) is 10.5 Å². The van der Waals surface area contributed by atoms with Gasteiger partial charge in [-0.2, -0.15) is 0 Å². The van der Waals surface area contributed by atoms with Crippen molar-refractivity contribution < 1.29 is 17.2 Å². The molecule has 0 bridgehead atoms. The van der Waals surface area contributed by atoms with Gasteiger partial charge < -0.3 is 0 Å². The average Bonchev–Trinajstić information content (AvgIpc) is 2.88. The van der Waals surface area contributed by atoms with Gasteiger partial charge in [-0.15, -0.1) is 11.3 Å². The van der Waals surface area contributed by atoms with Crippen LogP contribution in [0.2, 0.25) is 0 Å². The highest BCUT2D eigenvalue weighted by atomic mass is 32.2. The van der Waals surface area contributed by atoms with Crippen LogP contribution in [0.5, 0.6) is 0 Å². The maximum atomic E-state index is 13.2. The summed E-state index contributed by atoms with van der Waals surface area (Å²) in [6.07, 6.45) is 0. The van der Waals surface area contributed by atoms with Crippen LogP contribution in [0.1, 0.15) is 6.92 Å². The third kappa shape index (κ3) is 3.68. The van der Waals surface area contributed by atoms with Gasteiger partial charge in [0.05, 0.1) is 20.8 Å². The van der Waals surface area contributed by atoms with Gasteiger partial charge in [-0.25, -0.2) is 22.2 Å². The van der Waals surface area contributed by atoms with Crippen molar-refractivity contribution in [1.29, 1.82) is 0 Å². The van der Waals surface area contributed by atoms with E-state index in [9.17, 15) is 17.2 Å². The lowest BCUT2D eigenvalue weighted by atomic mass is 10.3. The molecule has 0 atom stereocenters. The van der Waals surface area contributed by atoms with E-state index < -0.39 is 26.6 Å².